The molecule has 3 heterocycles. The molecule has 0 aromatic carbocycles. The number of aryl methyl sites for hydroxylation is 1. The summed E-state index contributed by atoms with van der Waals surface area (Å²) in [5, 5.41) is 3.40. The van der Waals surface area contributed by atoms with Gasteiger partial charge in [-0.3, -0.25) is 0 Å². The molecule has 2 bridgehead atoms. The van der Waals surface area contributed by atoms with E-state index >= 15 is 0 Å². The smallest absolute Gasteiger partial charge is 0.222 e. The Hall–Kier alpha value is -1.36. The first-order valence-corrected chi connectivity index (χ1v) is 5.74. The van der Waals surface area contributed by atoms with E-state index in [9.17, 15) is 0 Å². The molecule has 2 saturated heterocycles. The van der Waals surface area contributed by atoms with Crippen LogP contribution in [0.25, 0.3) is 0 Å². The van der Waals surface area contributed by atoms with Crippen LogP contribution in [0.15, 0.2) is 6.07 Å². The van der Waals surface area contributed by atoms with E-state index in [4.69, 9.17) is 10.5 Å². The van der Waals surface area contributed by atoms with E-state index in [0.717, 1.165) is 24.4 Å². The quantitative estimate of drug-likeness (QED) is 0.780. The summed E-state index contributed by atoms with van der Waals surface area (Å²) in [5.74, 6) is 1.14. The number of rotatable bonds is 2. The van der Waals surface area contributed by atoms with Crippen molar-refractivity contribution in [3.63, 3.8) is 0 Å². The number of fused-ring (bicyclic) bond motifs is 2. The molecule has 5 nitrogen and oxygen atoms in total. The molecule has 2 fully saturated rings. The first kappa shape index (κ1) is 9.84. The van der Waals surface area contributed by atoms with Crippen LogP contribution in [0.3, 0.4) is 0 Å². The zero-order chi connectivity index (χ0) is 11.1. The van der Waals surface area contributed by atoms with E-state index in [2.05, 4.69) is 15.3 Å². The van der Waals surface area contributed by atoms with Crippen molar-refractivity contribution in [2.45, 2.75) is 44.4 Å². The minimum Gasteiger partial charge on any atom is -0.373 e. The number of nitrogens with zero attached hydrogens (tertiary/aromatic N) is 2. The van der Waals surface area contributed by atoms with Crippen molar-refractivity contribution in [3.8, 4) is 0 Å². The monoisotopic (exact) mass is 220 g/mol. The Morgan fingerprint density at radius 3 is 2.94 bits per heavy atom. The zero-order valence-corrected chi connectivity index (χ0v) is 9.31. The highest BCUT2D eigenvalue weighted by Crippen LogP contribution is 2.35. The SMILES string of the molecule is Cc1cc(NC2CC3CCC2O3)nc(N)n1. The third-order valence-electron chi connectivity index (χ3n) is 3.31. The van der Waals surface area contributed by atoms with Crippen molar-refractivity contribution in [2.24, 2.45) is 0 Å². The van der Waals surface area contributed by atoms with E-state index in [1.807, 2.05) is 13.0 Å². The molecule has 0 saturated carbocycles. The van der Waals surface area contributed by atoms with Crippen LogP contribution in [0, 0.1) is 6.92 Å². The second kappa shape index (κ2) is 3.59. The largest absolute Gasteiger partial charge is 0.373 e. The van der Waals surface area contributed by atoms with Crippen molar-refractivity contribution in [2.75, 3.05) is 11.1 Å². The minimum absolute atomic E-state index is 0.326. The van der Waals surface area contributed by atoms with E-state index in [0.29, 0.717) is 24.2 Å². The molecule has 0 spiro atoms. The van der Waals surface area contributed by atoms with Gasteiger partial charge in [0.15, 0.2) is 0 Å². The van der Waals surface area contributed by atoms with Gasteiger partial charge in [0.25, 0.3) is 0 Å². The highest BCUT2D eigenvalue weighted by Gasteiger charge is 2.40. The minimum atomic E-state index is 0.326. The summed E-state index contributed by atoms with van der Waals surface area (Å²) >= 11 is 0. The predicted octanol–water partition coefficient (Wildman–Crippen LogP) is 1.10. The van der Waals surface area contributed by atoms with Gasteiger partial charge in [-0.2, -0.15) is 4.98 Å². The molecule has 2 aliphatic heterocycles. The van der Waals surface area contributed by atoms with Crippen LogP contribution in [0.1, 0.15) is 25.0 Å². The molecule has 1 aromatic heterocycles. The molecular formula is C11H16N4O. The number of hydrogen-bond acceptors (Lipinski definition) is 5. The first-order chi connectivity index (χ1) is 7.70. The second-order valence-corrected chi connectivity index (χ2v) is 4.61. The summed E-state index contributed by atoms with van der Waals surface area (Å²) in [6.45, 7) is 1.92. The van der Waals surface area contributed by atoms with Crippen LogP contribution in [0.5, 0.6) is 0 Å². The fourth-order valence-electron chi connectivity index (χ4n) is 2.65. The molecule has 3 N–H and O–H groups in total. The fourth-order valence-corrected chi connectivity index (χ4v) is 2.65. The van der Waals surface area contributed by atoms with Crippen LogP contribution >= 0.6 is 0 Å². The summed E-state index contributed by atoms with van der Waals surface area (Å²) in [5.41, 5.74) is 6.50. The third-order valence-corrected chi connectivity index (χ3v) is 3.31. The Bertz CT molecular complexity index is 389. The summed E-state index contributed by atoms with van der Waals surface area (Å²) in [6.07, 6.45) is 4.23. The molecule has 0 radical (unpaired) electrons. The van der Waals surface area contributed by atoms with Crippen molar-refractivity contribution in [1.29, 1.82) is 0 Å². The number of hydrogen-bond donors (Lipinski definition) is 2. The van der Waals surface area contributed by atoms with Crippen LogP contribution in [0.2, 0.25) is 0 Å². The molecular weight excluding hydrogens is 204 g/mol. The van der Waals surface area contributed by atoms with Gasteiger partial charge in [-0.1, -0.05) is 0 Å². The number of ether oxygens (including phenoxy) is 1. The van der Waals surface area contributed by atoms with Gasteiger partial charge in [0.2, 0.25) is 5.95 Å². The molecule has 2 aliphatic rings. The van der Waals surface area contributed by atoms with Crippen molar-refractivity contribution >= 4 is 11.8 Å². The average molecular weight is 220 g/mol. The molecule has 86 valence electrons. The van der Waals surface area contributed by atoms with E-state index in [1.54, 1.807) is 0 Å². The highest BCUT2D eigenvalue weighted by atomic mass is 16.5. The molecule has 3 unspecified atom stereocenters. The normalized spacial score (nSPS) is 31.9. The van der Waals surface area contributed by atoms with Gasteiger partial charge in [0.1, 0.15) is 5.82 Å². The van der Waals surface area contributed by atoms with Gasteiger partial charge in [0.05, 0.1) is 18.2 Å². The van der Waals surface area contributed by atoms with Gasteiger partial charge >= 0.3 is 0 Å². The maximum absolute atomic E-state index is 5.78. The Balaban J connectivity index is 1.74. The van der Waals surface area contributed by atoms with Crippen molar-refractivity contribution < 1.29 is 4.74 Å². The maximum Gasteiger partial charge on any atom is 0.222 e. The molecule has 3 rings (SSSR count). The molecule has 1 aromatic rings. The Kier molecular flexibility index (Phi) is 2.21. The van der Waals surface area contributed by atoms with Crippen molar-refractivity contribution in [1.82, 2.24) is 9.97 Å². The second-order valence-electron chi connectivity index (χ2n) is 4.61. The van der Waals surface area contributed by atoms with E-state index in [1.165, 1.54) is 6.42 Å². The van der Waals surface area contributed by atoms with Gasteiger partial charge in [-0.05, 0) is 26.2 Å². The number of nitrogens with one attached hydrogen (secondary N) is 1. The van der Waals surface area contributed by atoms with Gasteiger partial charge in [0, 0.05) is 11.8 Å². The summed E-state index contributed by atoms with van der Waals surface area (Å²) < 4.78 is 5.78. The third kappa shape index (κ3) is 1.71. The summed E-state index contributed by atoms with van der Waals surface area (Å²) in [7, 11) is 0. The Morgan fingerprint density at radius 1 is 1.44 bits per heavy atom. The lowest BCUT2D eigenvalue weighted by Gasteiger charge is -2.20. The van der Waals surface area contributed by atoms with Crippen LogP contribution < -0.4 is 11.1 Å². The first-order valence-electron chi connectivity index (χ1n) is 5.74. The lowest BCUT2D eigenvalue weighted by Crippen LogP contribution is -2.31. The van der Waals surface area contributed by atoms with Crippen LogP contribution in [-0.4, -0.2) is 28.2 Å². The van der Waals surface area contributed by atoms with Crippen LogP contribution in [0.4, 0.5) is 11.8 Å². The Labute approximate surface area is 94.4 Å². The zero-order valence-electron chi connectivity index (χ0n) is 9.31. The summed E-state index contributed by atoms with van der Waals surface area (Å²) in [6, 6.07) is 2.30. The lowest BCUT2D eigenvalue weighted by atomic mass is 9.95. The van der Waals surface area contributed by atoms with Gasteiger partial charge in [-0.15, -0.1) is 0 Å². The number of anilines is 2. The van der Waals surface area contributed by atoms with Gasteiger partial charge in [-0.25, -0.2) is 4.98 Å². The predicted molar refractivity (Wildman–Crippen MR) is 61.1 cm³/mol. The number of nitrogens with two attached hydrogens (primary N) is 1. The highest BCUT2D eigenvalue weighted by molar-refractivity contribution is 5.41. The topological polar surface area (TPSA) is 73.1 Å². The van der Waals surface area contributed by atoms with Gasteiger partial charge < -0.3 is 15.8 Å². The molecule has 3 atom stereocenters. The average Bonchev–Trinajstić information content (AvgIpc) is 2.77. The molecule has 0 amide bonds. The van der Waals surface area contributed by atoms with E-state index < -0.39 is 0 Å². The Morgan fingerprint density at radius 2 is 2.31 bits per heavy atom. The number of aromatic nitrogens is 2. The fraction of sp³-hybridized carbons (Fsp3) is 0.636. The van der Waals surface area contributed by atoms with Crippen molar-refractivity contribution in [3.05, 3.63) is 11.8 Å². The standard InChI is InChI=1S/C11H16N4O/c1-6-4-10(15-11(12)13-6)14-8-5-7-2-3-9(8)16-7/h4,7-9H,2-3,5H2,1H3,(H3,12,13,14,15). The summed E-state index contributed by atoms with van der Waals surface area (Å²) in [4.78, 5) is 8.23. The van der Waals surface area contributed by atoms with E-state index in [-0.39, 0.29) is 0 Å². The molecule has 16 heavy (non-hydrogen) atoms. The maximum atomic E-state index is 5.78. The molecule has 0 aliphatic carbocycles. The lowest BCUT2D eigenvalue weighted by molar-refractivity contribution is 0.102. The number of nitrogen functional groups attached to an aromatic ring is 1. The van der Waals surface area contributed by atoms with Crippen LogP contribution in [-0.2, 0) is 4.74 Å². The molecule has 5 heteroatoms.